The SMILES string of the molecule is CCC(CC)(NC(=O)c1cc(Cl)ccc1I)C(N)=S. The molecular formula is C13H16ClIN2OS. The summed E-state index contributed by atoms with van der Waals surface area (Å²) >= 11 is 13.1. The molecule has 6 heteroatoms. The average molecular weight is 411 g/mol. The Morgan fingerprint density at radius 3 is 2.53 bits per heavy atom. The number of carbonyl (C=O) groups excluding carboxylic acids is 1. The van der Waals surface area contributed by atoms with E-state index in [9.17, 15) is 4.79 Å². The molecule has 1 aromatic carbocycles. The van der Waals surface area contributed by atoms with Crippen LogP contribution in [0.5, 0.6) is 0 Å². The largest absolute Gasteiger partial charge is 0.391 e. The van der Waals surface area contributed by atoms with Crippen molar-refractivity contribution in [2.75, 3.05) is 0 Å². The smallest absolute Gasteiger partial charge is 0.253 e. The molecule has 3 nitrogen and oxygen atoms in total. The van der Waals surface area contributed by atoms with E-state index >= 15 is 0 Å². The normalized spacial score (nSPS) is 11.2. The lowest BCUT2D eigenvalue weighted by Gasteiger charge is -2.31. The van der Waals surface area contributed by atoms with E-state index in [2.05, 4.69) is 27.9 Å². The van der Waals surface area contributed by atoms with Gasteiger partial charge in [0.15, 0.2) is 0 Å². The molecule has 3 N–H and O–H groups in total. The maximum absolute atomic E-state index is 12.4. The molecule has 0 saturated carbocycles. The molecule has 1 aromatic rings. The lowest BCUT2D eigenvalue weighted by Crippen LogP contribution is -2.56. The average Bonchev–Trinajstić information content (AvgIpc) is 2.38. The van der Waals surface area contributed by atoms with Gasteiger partial charge in [0, 0.05) is 8.59 Å². The van der Waals surface area contributed by atoms with Crippen LogP contribution in [0.25, 0.3) is 0 Å². The number of hydrogen-bond acceptors (Lipinski definition) is 2. The summed E-state index contributed by atoms with van der Waals surface area (Å²) in [7, 11) is 0. The molecule has 0 aromatic heterocycles. The fraction of sp³-hybridized carbons (Fsp3) is 0.385. The van der Waals surface area contributed by atoms with Crippen LogP contribution in [-0.4, -0.2) is 16.4 Å². The van der Waals surface area contributed by atoms with Gasteiger partial charge >= 0.3 is 0 Å². The highest BCUT2D eigenvalue weighted by atomic mass is 127. The van der Waals surface area contributed by atoms with Crippen LogP contribution in [0.15, 0.2) is 18.2 Å². The molecule has 0 unspecified atom stereocenters. The number of hydrogen-bond donors (Lipinski definition) is 2. The van der Waals surface area contributed by atoms with E-state index < -0.39 is 5.54 Å². The molecule has 0 aliphatic rings. The van der Waals surface area contributed by atoms with Crippen molar-refractivity contribution in [1.29, 1.82) is 0 Å². The molecule has 0 heterocycles. The number of amides is 1. The highest BCUT2D eigenvalue weighted by molar-refractivity contribution is 14.1. The van der Waals surface area contributed by atoms with Crippen molar-refractivity contribution < 1.29 is 4.79 Å². The molecule has 0 saturated heterocycles. The molecule has 0 atom stereocenters. The Kier molecular flexibility index (Phi) is 6.01. The third-order valence-corrected chi connectivity index (χ3v) is 4.77. The molecule has 0 radical (unpaired) electrons. The van der Waals surface area contributed by atoms with Crippen LogP contribution in [0.2, 0.25) is 5.02 Å². The Morgan fingerprint density at radius 2 is 2.05 bits per heavy atom. The van der Waals surface area contributed by atoms with Crippen LogP contribution in [-0.2, 0) is 0 Å². The van der Waals surface area contributed by atoms with E-state index in [0.717, 1.165) is 3.57 Å². The Hall–Kier alpha value is -0.400. The van der Waals surface area contributed by atoms with Crippen molar-refractivity contribution in [2.24, 2.45) is 5.73 Å². The summed E-state index contributed by atoms with van der Waals surface area (Å²) in [6.45, 7) is 3.90. The zero-order valence-electron chi connectivity index (χ0n) is 10.8. The number of carbonyl (C=O) groups is 1. The van der Waals surface area contributed by atoms with Crippen LogP contribution < -0.4 is 11.1 Å². The van der Waals surface area contributed by atoms with Gasteiger partial charge in [-0.2, -0.15) is 0 Å². The number of nitrogens with one attached hydrogen (secondary N) is 1. The number of halogens is 2. The predicted molar refractivity (Wildman–Crippen MR) is 91.7 cm³/mol. The van der Waals surface area contributed by atoms with Gasteiger partial charge in [0.2, 0.25) is 0 Å². The lowest BCUT2D eigenvalue weighted by atomic mass is 9.92. The first-order valence-electron chi connectivity index (χ1n) is 5.93. The highest BCUT2D eigenvalue weighted by Gasteiger charge is 2.32. The zero-order chi connectivity index (χ0) is 14.6. The van der Waals surface area contributed by atoms with Crippen molar-refractivity contribution in [2.45, 2.75) is 32.2 Å². The van der Waals surface area contributed by atoms with Crippen molar-refractivity contribution in [3.8, 4) is 0 Å². The standard InChI is InChI=1S/C13H16ClIN2OS/c1-3-13(4-2,12(16)19)17-11(18)9-7-8(14)5-6-10(9)15/h5-7H,3-4H2,1-2H3,(H2,16,19)(H,17,18). The minimum Gasteiger partial charge on any atom is -0.391 e. The number of thiocarbonyl (C=S) groups is 1. The fourth-order valence-electron chi connectivity index (χ4n) is 1.79. The monoisotopic (exact) mass is 410 g/mol. The minimum atomic E-state index is -0.641. The summed E-state index contributed by atoms with van der Waals surface area (Å²) in [4.78, 5) is 12.7. The maximum atomic E-state index is 12.4. The zero-order valence-corrected chi connectivity index (χ0v) is 14.5. The quantitative estimate of drug-likeness (QED) is 0.577. The van der Waals surface area contributed by atoms with Gasteiger partial charge in [0.1, 0.15) is 0 Å². The third-order valence-electron chi connectivity index (χ3n) is 3.20. The molecular weight excluding hydrogens is 395 g/mol. The molecule has 0 fully saturated rings. The summed E-state index contributed by atoms with van der Waals surface area (Å²) in [6, 6.07) is 5.20. The van der Waals surface area contributed by atoms with Crippen LogP contribution in [0, 0.1) is 3.57 Å². The van der Waals surface area contributed by atoms with Gasteiger partial charge in [-0.25, -0.2) is 0 Å². The Balaban J connectivity index is 3.07. The first kappa shape index (κ1) is 16.7. The highest BCUT2D eigenvalue weighted by Crippen LogP contribution is 2.21. The van der Waals surface area contributed by atoms with E-state index in [1.165, 1.54) is 0 Å². The van der Waals surface area contributed by atoms with E-state index in [1.54, 1.807) is 18.2 Å². The second-order valence-corrected chi connectivity index (χ2v) is 6.27. The van der Waals surface area contributed by atoms with Crippen molar-refractivity contribution in [1.82, 2.24) is 5.32 Å². The van der Waals surface area contributed by atoms with Crippen LogP contribution in [0.4, 0.5) is 0 Å². The van der Waals surface area contributed by atoms with Gasteiger partial charge in [-0.05, 0) is 53.6 Å². The van der Waals surface area contributed by atoms with Gasteiger partial charge < -0.3 is 11.1 Å². The van der Waals surface area contributed by atoms with Gasteiger partial charge in [-0.3, -0.25) is 4.79 Å². The van der Waals surface area contributed by atoms with E-state index in [4.69, 9.17) is 29.6 Å². The molecule has 19 heavy (non-hydrogen) atoms. The summed E-state index contributed by atoms with van der Waals surface area (Å²) in [6.07, 6.45) is 1.31. The molecule has 0 bridgehead atoms. The Morgan fingerprint density at radius 1 is 1.47 bits per heavy atom. The Labute approximate surface area is 137 Å². The van der Waals surface area contributed by atoms with Crippen LogP contribution in [0.3, 0.4) is 0 Å². The molecule has 0 spiro atoms. The molecule has 0 aliphatic heterocycles. The first-order chi connectivity index (χ1) is 8.86. The summed E-state index contributed by atoms with van der Waals surface area (Å²) in [5.74, 6) is -0.205. The van der Waals surface area contributed by atoms with Crippen molar-refractivity contribution in [3.63, 3.8) is 0 Å². The van der Waals surface area contributed by atoms with E-state index in [-0.39, 0.29) is 5.91 Å². The number of benzene rings is 1. The van der Waals surface area contributed by atoms with Crippen molar-refractivity contribution in [3.05, 3.63) is 32.4 Å². The second-order valence-electron chi connectivity index (χ2n) is 4.23. The van der Waals surface area contributed by atoms with Gasteiger partial charge in [-0.1, -0.05) is 37.7 Å². The lowest BCUT2D eigenvalue weighted by molar-refractivity contribution is 0.0919. The number of nitrogens with two attached hydrogens (primary N) is 1. The van der Waals surface area contributed by atoms with Crippen molar-refractivity contribution >= 4 is 57.3 Å². The van der Waals surface area contributed by atoms with Crippen LogP contribution >= 0.6 is 46.4 Å². The Bertz CT molecular complexity index is 503. The topological polar surface area (TPSA) is 55.1 Å². The second kappa shape index (κ2) is 6.85. The molecule has 104 valence electrons. The molecule has 1 rings (SSSR count). The molecule has 0 aliphatic carbocycles. The number of rotatable bonds is 5. The summed E-state index contributed by atoms with van der Waals surface area (Å²) in [5.41, 5.74) is 5.67. The summed E-state index contributed by atoms with van der Waals surface area (Å²) in [5, 5.41) is 3.47. The maximum Gasteiger partial charge on any atom is 0.253 e. The van der Waals surface area contributed by atoms with Gasteiger partial charge in [-0.15, -0.1) is 0 Å². The van der Waals surface area contributed by atoms with E-state index in [0.29, 0.717) is 28.4 Å². The van der Waals surface area contributed by atoms with Gasteiger partial charge in [0.25, 0.3) is 5.91 Å². The van der Waals surface area contributed by atoms with E-state index in [1.807, 2.05) is 13.8 Å². The fourth-order valence-corrected chi connectivity index (χ4v) is 2.89. The predicted octanol–water partition coefficient (Wildman–Crippen LogP) is 3.52. The summed E-state index contributed by atoms with van der Waals surface area (Å²) < 4.78 is 0.837. The third kappa shape index (κ3) is 3.79. The van der Waals surface area contributed by atoms with Gasteiger partial charge in [0.05, 0.1) is 16.1 Å². The van der Waals surface area contributed by atoms with Crippen LogP contribution in [0.1, 0.15) is 37.0 Å². The minimum absolute atomic E-state index is 0.205. The first-order valence-corrected chi connectivity index (χ1v) is 7.80. The molecule has 1 amide bonds.